The summed E-state index contributed by atoms with van der Waals surface area (Å²) < 4.78 is 66.9. The molecule has 4 rings (SSSR count). The lowest BCUT2D eigenvalue weighted by atomic mass is 9.65. The Labute approximate surface area is 173 Å². The number of nitrogens with one attached hydrogen (secondary N) is 1. The minimum Gasteiger partial charge on any atom is -0.383 e. The van der Waals surface area contributed by atoms with Crippen molar-refractivity contribution in [3.8, 4) is 11.3 Å². The zero-order valence-corrected chi connectivity index (χ0v) is 16.0. The number of aromatic nitrogens is 4. The lowest BCUT2D eigenvalue weighted by Crippen LogP contribution is -2.49. The van der Waals surface area contributed by atoms with Crippen molar-refractivity contribution in [3.05, 3.63) is 59.8 Å². The Morgan fingerprint density at radius 3 is 2.52 bits per heavy atom. The summed E-state index contributed by atoms with van der Waals surface area (Å²) in [6.45, 7) is 0.178. The fourth-order valence-electron chi connectivity index (χ4n) is 3.67. The highest BCUT2D eigenvalue weighted by Crippen LogP contribution is 2.45. The predicted octanol–water partition coefficient (Wildman–Crippen LogP) is 4.16. The van der Waals surface area contributed by atoms with Crippen LogP contribution in [0.5, 0.6) is 0 Å². The van der Waals surface area contributed by atoms with Crippen molar-refractivity contribution in [1.82, 2.24) is 20.2 Å². The Balaban J connectivity index is 1.51. The van der Waals surface area contributed by atoms with Gasteiger partial charge in [-0.3, -0.25) is 4.98 Å². The molecule has 0 atom stereocenters. The molecule has 0 aromatic carbocycles. The molecule has 1 aliphatic carbocycles. The normalized spacial score (nSPS) is 20.9. The van der Waals surface area contributed by atoms with Gasteiger partial charge in [-0.15, -0.1) is 10.2 Å². The third kappa shape index (κ3) is 4.12. The molecule has 0 spiro atoms. The monoisotopic (exact) mass is 436 g/mol. The number of rotatable bonds is 5. The standard InChI is InChI=1S/C20H17F5N6/c21-12-7-19(8-12,17-14(22)2-1-5-27-17)10-29-16-4-3-15(30-31-16)11-6-13(20(23,24)25)18(26)28-9-11/h1-6,9,12H,7-8,10H2,(H2,26,28)(H,29,31). The van der Waals surface area contributed by atoms with Gasteiger partial charge in [-0.2, -0.15) is 13.2 Å². The van der Waals surface area contributed by atoms with E-state index in [9.17, 15) is 22.0 Å². The Hall–Kier alpha value is -3.37. The molecule has 0 aliphatic heterocycles. The molecule has 11 heteroatoms. The molecule has 3 aromatic heterocycles. The summed E-state index contributed by atoms with van der Waals surface area (Å²) in [5, 5.41) is 10.9. The SMILES string of the molecule is Nc1ncc(-c2ccc(NCC3(c4ncccc4F)CC(F)C3)nn2)cc1C(F)(F)F. The Morgan fingerprint density at radius 2 is 1.90 bits per heavy atom. The number of nitrogens with two attached hydrogens (primary N) is 1. The highest BCUT2D eigenvalue weighted by atomic mass is 19.4. The first-order chi connectivity index (χ1) is 14.7. The Bertz CT molecular complexity index is 1080. The average molecular weight is 436 g/mol. The molecule has 0 bridgehead atoms. The van der Waals surface area contributed by atoms with E-state index in [1.165, 1.54) is 36.7 Å². The second kappa shape index (κ2) is 7.71. The van der Waals surface area contributed by atoms with Gasteiger partial charge in [0.15, 0.2) is 0 Å². The lowest BCUT2D eigenvalue weighted by molar-refractivity contribution is -0.137. The molecule has 0 saturated heterocycles. The van der Waals surface area contributed by atoms with Crippen molar-refractivity contribution in [2.75, 3.05) is 17.6 Å². The summed E-state index contributed by atoms with van der Waals surface area (Å²) >= 11 is 0. The van der Waals surface area contributed by atoms with E-state index in [-0.39, 0.29) is 36.3 Å². The number of nitrogen functional groups attached to an aromatic ring is 1. The van der Waals surface area contributed by atoms with E-state index in [2.05, 4.69) is 25.5 Å². The van der Waals surface area contributed by atoms with Crippen LogP contribution in [-0.2, 0) is 11.6 Å². The predicted molar refractivity (Wildman–Crippen MR) is 103 cm³/mol. The van der Waals surface area contributed by atoms with Crippen LogP contribution in [-0.4, -0.2) is 32.9 Å². The van der Waals surface area contributed by atoms with E-state index in [4.69, 9.17) is 5.73 Å². The molecule has 1 saturated carbocycles. The number of hydrogen-bond donors (Lipinski definition) is 2. The van der Waals surface area contributed by atoms with Crippen LogP contribution in [0, 0.1) is 5.82 Å². The van der Waals surface area contributed by atoms with Crippen LogP contribution in [0.15, 0.2) is 42.7 Å². The van der Waals surface area contributed by atoms with Crippen LogP contribution in [0.1, 0.15) is 24.1 Å². The van der Waals surface area contributed by atoms with Gasteiger partial charge in [0.1, 0.15) is 23.6 Å². The van der Waals surface area contributed by atoms with Crippen LogP contribution in [0.3, 0.4) is 0 Å². The van der Waals surface area contributed by atoms with Gasteiger partial charge >= 0.3 is 6.18 Å². The first kappa shape index (κ1) is 20.9. The van der Waals surface area contributed by atoms with Crippen molar-refractivity contribution in [2.45, 2.75) is 30.6 Å². The summed E-state index contributed by atoms with van der Waals surface area (Å²) in [4.78, 5) is 7.66. The maximum Gasteiger partial charge on any atom is 0.419 e. The van der Waals surface area contributed by atoms with E-state index in [0.717, 1.165) is 6.07 Å². The van der Waals surface area contributed by atoms with Crippen LogP contribution < -0.4 is 11.1 Å². The van der Waals surface area contributed by atoms with Crippen LogP contribution >= 0.6 is 0 Å². The van der Waals surface area contributed by atoms with Gasteiger partial charge in [-0.05, 0) is 43.2 Å². The second-order valence-electron chi connectivity index (χ2n) is 7.43. The number of anilines is 2. The number of nitrogens with zero attached hydrogens (tertiary/aromatic N) is 4. The van der Waals surface area contributed by atoms with Gasteiger partial charge in [0, 0.05) is 29.9 Å². The van der Waals surface area contributed by atoms with Gasteiger partial charge < -0.3 is 11.1 Å². The summed E-state index contributed by atoms with van der Waals surface area (Å²) in [5.41, 5.74) is 3.90. The molecule has 162 valence electrons. The first-order valence-corrected chi connectivity index (χ1v) is 9.34. The molecule has 3 heterocycles. The highest BCUT2D eigenvalue weighted by molar-refractivity contribution is 5.62. The maximum absolute atomic E-state index is 14.2. The van der Waals surface area contributed by atoms with Gasteiger partial charge in [0.05, 0.1) is 17.0 Å². The van der Waals surface area contributed by atoms with Crippen molar-refractivity contribution >= 4 is 11.6 Å². The van der Waals surface area contributed by atoms with Gasteiger partial charge in [0.2, 0.25) is 0 Å². The third-order valence-electron chi connectivity index (χ3n) is 5.28. The molecule has 6 nitrogen and oxygen atoms in total. The molecule has 1 fully saturated rings. The molecule has 1 aliphatic rings. The quantitative estimate of drug-likeness (QED) is 0.584. The summed E-state index contributed by atoms with van der Waals surface area (Å²) in [5.74, 6) is -0.823. The smallest absolute Gasteiger partial charge is 0.383 e. The lowest BCUT2D eigenvalue weighted by Gasteiger charge is -2.43. The largest absolute Gasteiger partial charge is 0.419 e. The molecule has 0 amide bonds. The second-order valence-corrected chi connectivity index (χ2v) is 7.43. The number of alkyl halides is 4. The topological polar surface area (TPSA) is 89.6 Å². The van der Waals surface area contributed by atoms with Crippen molar-refractivity contribution in [2.24, 2.45) is 0 Å². The Kier molecular flexibility index (Phi) is 5.19. The van der Waals surface area contributed by atoms with Crippen LogP contribution in [0.2, 0.25) is 0 Å². The third-order valence-corrected chi connectivity index (χ3v) is 5.28. The maximum atomic E-state index is 14.2. The van der Waals surface area contributed by atoms with Crippen LogP contribution in [0.25, 0.3) is 11.3 Å². The van der Waals surface area contributed by atoms with Crippen molar-refractivity contribution < 1.29 is 22.0 Å². The minimum absolute atomic E-state index is 0.104. The number of pyridine rings is 2. The van der Waals surface area contributed by atoms with Crippen molar-refractivity contribution in [1.29, 1.82) is 0 Å². The van der Waals surface area contributed by atoms with E-state index >= 15 is 0 Å². The average Bonchev–Trinajstić information content (AvgIpc) is 2.71. The number of hydrogen-bond acceptors (Lipinski definition) is 6. The molecule has 0 radical (unpaired) electrons. The zero-order valence-electron chi connectivity index (χ0n) is 16.0. The summed E-state index contributed by atoms with van der Waals surface area (Å²) in [7, 11) is 0. The molecular weight excluding hydrogens is 419 g/mol. The van der Waals surface area contributed by atoms with Gasteiger partial charge in [-0.1, -0.05) is 0 Å². The fraction of sp³-hybridized carbons (Fsp3) is 0.300. The molecule has 3 N–H and O–H groups in total. The summed E-state index contributed by atoms with van der Waals surface area (Å²) in [6, 6.07) is 6.58. The molecule has 3 aromatic rings. The van der Waals surface area contributed by atoms with E-state index in [1.54, 1.807) is 0 Å². The van der Waals surface area contributed by atoms with E-state index < -0.39 is 35.0 Å². The Morgan fingerprint density at radius 1 is 1.13 bits per heavy atom. The minimum atomic E-state index is -4.64. The highest BCUT2D eigenvalue weighted by Gasteiger charge is 2.48. The van der Waals surface area contributed by atoms with E-state index in [1.807, 2.05) is 0 Å². The summed E-state index contributed by atoms with van der Waals surface area (Å²) in [6.07, 6.45) is -2.81. The fourth-order valence-corrected chi connectivity index (χ4v) is 3.67. The van der Waals surface area contributed by atoms with Crippen LogP contribution in [0.4, 0.5) is 33.6 Å². The molecular formula is C20H17F5N6. The van der Waals surface area contributed by atoms with E-state index in [0.29, 0.717) is 5.82 Å². The molecule has 31 heavy (non-hydrogen) atoms. The first-order valence-electron chi connectivity index (χ1n) is 9.34. The van der Waals surface area contributed by atoms with Gasteiger partial charge in [0.25, 0.3) is 0 Å². The zero-order chi connectivity index (χ0) is 22.2. The van der Waals surface area contributed by atoms with Crippen molar-refractivity contribution in [3.63, 3.8) is 0 Å². The number of halogens is 5. The molecule has 0 unspecified atom stereocenters. The van der Waals surface area contributed by atoms with Gasteiger partial charge in [-0.25, -0.2) is 13.8 Å².